The fraction of sp³-hybridized carbons (Fsp3) is 0.562. The topological polar surface area (TPSA) is 51.2 Å². The molecular weight excluding hydrogens is 284 g/mol. The van der Waals surface area contributed by atoms with Crippen LogP contribution in [-0.2, 0) is 4.74 Å². The van der Waals surface area contributed by atoms with Crippen molar-refractivity contribution in [1.29, 1.82) is 0 Å². The maximum atomic E-state index is 12.2. The predicted octanol–water partition coefficient (Wildman–Crippen LogP) is 2.12. The normalized spacial score (nSPS) is 22.0. The molecule has 0 aromatic heterocycles. The molecule has 1 unspecified atom stereocenters. The van der Waals surface area contributed by atoms with Gasteiger partial charge in [0.15, 0.2) is 0 Å². The number of carbonyl (C=O) groups is 1. The standard InChI is InChI=1S/C16H22N2O4/c1-20-12-5-6-14(15(9-12)21-2)18-11-13(22-16(18)19)10-17-7-3-4-8-17/h5-6,9,13H,3-4,7-8,10-11H2,1-2H3. The highest BCUT2D eigenvalue weighted by atomic mass is 16.6. The van der Waals surface area contributed by atoms with Crippen molar-refractivity contribution in [3.8, 4) is 11.5 Å². The Morgan fingerprint density at radius 2 is 2.00 bits per heavy atom. The summed E-state index contributed by atoms with van der Waals surface area (Å²) in [6, 6.07) is 5.42. The van der Waals surface area contributed by atoms with Crippen LogP contribution in [0.3, 0.4) is 0 Å². The molecule has 0 N–H and O–H groups in total. The van der Waals surface area contributed by atoms with Gasteiger partial charge in [0.05, 0.1) is 26.5 Å². The number of benzene rings is 1. The Morgan fingerprint density at radius 1 is 1.23 bits per heavy atom. The number of rotatable bonds is 5. The van der Waals surface area contributed by atoms with Crippen LogP contribution in [0, 0.1) is 0 Å². The zero-order valence-corrected chi connectivity index (χ0v) is 13.1. The quantitative estimate of drug-likeness (QED) is 0.834. The molecule has 6 heteroatoms. The second kappa shape index (κ2) is 6.44. The van der Waals surface area contributed by atoms with E-state index in [4.69, 9.17) is 14.2 Å². The van der Waals surface area contributed by atoms with Crippen LogP contribution in [0.4, 0.5) is 10.5 Å². The summed E-state index contributed by atoms with van der Waals surface area (Å²) in [7, 11) is 3.19. The van der Waals surface area contributed by atoms with Crippen LogP contribution in [0.5, 0.6) is 11.5 Å². The van der Waals surface area contributed by atoms with Gasteiger partial charge in [0.1, 0.15) is 17.6 Å². The Hall–Kier alpha value is -1.95. The first-order valence-electron chi connectivity index (χ1n) is 7.64. The van der Waals surface area contributed by atoms with Gasteiger partial charge in [-0.3, -0.25) is 9.80 Å². The smallest absolute Gasteiger partial charge is 0.414 e. The van der Waals surface area contributed by atoms with Gasteiger partial charge in [0.2, 0.25) is 0 Å². The van der Waals surface area contributed by atoms with E-state index >= 15 is 0 Å². The van der Waals surface area contributed by atoms with Crippen molar-refractivity contribution in [2.75, 3.05) is 45.3 Å². The summed E-state index contributed by atoms with van der Waals surface area (Å²) in [5.74, 6) is 1.31. The first-order valence-corrected chi connectivity index (χ1v) is 7.64. The lowest BCUT2D eigenvalue weighted by Crippen LogP contribution is -2.33. The Labute approximate surface area is 130 Å². The first kappa shape index (κ1) is 15.0. The van der Waals surface area contributed by atoms with Gasteiger partial charge in [-0.05, 0) is 38.1 Å². The lowest BCUT2D eigenvalue weighted by Gasteiger charge is -2.19. The number of carbonyl (C=O) groups excluding carboxylic acids is 1. The Morgan fingerprint density at radius 3 is 2.68 bits per heavy atom. The summed E-state index contributed by atoms with van der Waals surface area (Å²) >= 11 is 0. The Bertz CT molecular complexity index is 543. The van der Waals surface area contributed by atoms with Gasteiger partial charge in [0, 0.05) is 12.6 Å². The summed E-state index contributed by atoms with van der Waals surface area (Å²) < 4.78 is 16.1. The van der Waals surface area contributed by atoms with E-state index in [0.717, 1.165) is 25.3 Å². The average Bonchev–Trinajstić information content (AvgIpc) is 3.16. The number of hydrogen-bond donors (Lipinski definition) is 0. The third-order valence-corrected chi connectivity index (χ3v) is 4.21. The number of anilines is 1. The van der Waals surface area contributed by atoms with Crippen molar-refractivity contribution < 1.29 is 19.0 Å². The van der Waals surface area contributed by atoms with Gasteiger partial charge in [-0.1, -0.05) is 0 Å². The molecule has 1 aromatic rings. The van der Waals surface area contributed by atoms with Gasteiger partial charge in [-0.2, -0.15) is 0 Å². The summed E-state index contributed by atoms with van der Waals surface area (Å²) in [6.07, 6.45) is 2.07. The van der Waals surface area contributed by atoms with E-state index in [1.165, 1.54) is 12.8 Å². The van der Waals surface area contributed by atoms with Crippen LogP contribution in [0.25, 0.3) is 0 Å². The fourth-order valence-corrected chi connectivity index (χ4v) is 3.07. The average molecular weight is 306 g/mol. The van der Waals surface area contributed by atoms with E-state index in [2.05, 4.69) is 4.90 Å². The van der Waals surface area contributed by atoms with E-state index in [1.807, 2.05) is 12.1 Å². The van der Waals surface area contributed by atoms with Gasteiger partial charge in [-0.25, -0.2) is 4.79 Å². The van der Waals surface area contributed by atoms with Crippen molar-refractivity contribution >= 4 is 11.8 Å². The van der Waals surface area contributed by atoms with Crippen LogP contribution in [0.15, 0.2) is 18.2 Å². The molecule has 3 rings (SSSR count). The number of nitrogens with zero attached hydrogens (tertiary/aromatic N) is 2. The lowest BCUT2D eigenvalue weighted by atomic mass is 10.2. The largest absolute Gasteiger partial charge is 0.497 e. The monoisotopic (exact) mass is 306 g/mol. The number of hydrogen-bond acceptors (Lipinski definition) is 5. The van der Waals surface area contributed by atoms with E-state index in [9.17, 15) is 4.79 Å². The van der Waals surface area contributed by atoms with Crippen LogP contribution in [-0.4, -0.2) is 57.5 Å². The van der Waals surface area contributed by atoms with Crippen molar-refractivity contribution in [2.24, 2.45) is 0 Å². The molecule has 22 heavy (non-hydrogen) atoms. The molecule has 0 bridgehead atoms. The minimum atomic E-state index is -0.312. The zero-order chi connectivity index (χ0) is 15.5. The summed E-state index contributed by atoms with van der Waals surface area (Å²) in [5.41, 5.74) is 0.720. The molecule has 2 fully saturated rings. The minimum absolute atomic E-state index is 0.0857. The molecule has 2 aliphatic rings. The molecule has 6 nitrogen and oxygen atoms in total. The van der Waals surface area contributed by atoms with Crippen LogP contribution in [0.2, 0.25) is 0 Å². The van der Waals surface area contributed by atoms with Gasteiger partial charge in [-0.15, -0.1) is 0 Å². The molecule has 0 saturated carbocycles. The van der Waals surface area contributed by atoms with E-state index in [1.54, 1.807) is 25.2 Å². The van der Waals surface area contributed by atoms with Crippen molar-refractivity contribution in [2.45, 2.75) is 18.9 Å². The van der Waals surface area contributed by atoms with Gasteiger partial charge < -0.3 is 14.2 Å². The van der Waals surface area contributed by atoms with Gasteiger partial charge >= 0.3 is 6.09 Å². The second-order valence-electron chi connectivity index (χ2n) is 5.66. The SMILES string of the molecule is COc1ccc(N2CC(CN3CCCC3)OC2=O)c(OC)c1. The molecule has 1 atom stereocenters. The van der Waals surface area contributed by atoms with E-state index in [0.29, 0.717) is 18.0 Å². The summed E-state index contributed by atoms with van der Waals surface area (Å²) in [6.45, 7) is 3.55. The highest BCUT2D eigenvalue weighted by Crippen LogP contribution is 2.34. The van der Waals surface area contributed by atoms with Crippen molar-refractivity contribution in [1.82, 2.24) is 4.90 Å². The molecule has 120 valence electrons. The molecule has 2 aliphatic heterocycles. The molecular formula is C16H22N2O4. The number of likely N-dealkylation sites (tertiary alicyclic amines) is 1. The lowest BCUT2D eigenvalue weighted by molar-refractivity contribution is 0.116. The molecule has 2 heterocycles. The number of methoxy groups -OCH3 is 2. The number of cyclic esters (lactones) is 1. The Kier molecular flexibility index (Phi) is 4.38. The van der Waals surface area contributed by atoms with Crippen LogP contribution >= 0.6 is 0 Å². The molecule has 0 spiro atoms. The second-order valence-corrected chi connectivity index (χ2v) is 5.66. The maximum Gasteiger partial charge on any atom is 0.414 e. The molecule has 0 aliphatic carbocycles. The van der Waals surface area contributed by atoms with Crippen LogP contribution in [0.1, 0.15) is 12.8 Å². The van der Waals surface area contributed by atoms with Crippen molar-refractivity contribution in [3.05, 3.63) is 18.2 Å². The van der Waals surface area contributed by atoms with Crippen LogP contribution < -0.4 is 14.4 Å². The molecule has 1 amide bonds. The summed E-state index contributed by atoms with van der Waals surface area (Å²) in [5, 5.41) is 0. The number of amides is 1. The zero-order valence-electron chi connectivity index (χ0n) is 13.1. The van der Waals surface area contributed by atoms with E-state index < -0.39 is 0 Å². The Balaban J connectivity index is 1.73. The number of ether oxygens (including phenoxy) is 3. The third-order valence-electron chi connectivity index (χ3n) is 4.21. The molecule has 0 radical (unpaired) electrons. The third kappa shape index (κ3) is 2.97. The maximum absolute atomic E-state index is 12.2. The predicted molar refractivity (Wildman–Crippen MR) is 82.8 cm³/mol. The van der Waals surface area contributed by atoms with Gasteiger partial charge in [0.25, 0.3) is 0 Å². The van der Waals surface area contributed by atoms with Crippen molar-refractivity contribution in [3.63, 3.8) is 0 Å². The highest BCUT2D eigenvalue weighted by molar-refractivity contribution is 5.91. The fourth-order valence-electron chi connectivity index (χ4n) is 3.07. The summed E-state index contributed by atoms with van der Waals surface area (Å²) in [4.78, 5) is 16.2. The minimum Gasteiger partial charge on any atom is -0.497 e. The van der Waals surface area contributed by atoms with E-state index in [-0.39, 0.29) is 12.2 Å². The highest BCUT2D eigenvalue weighted by Gasteiger charge is 2.35. The first-order chi connectivity index (χ1) is 10.7. The molecule has 1 aromatic carbocycles. The molecule has 2 saturated heterocycles.